The Bertz CT molecular complexity index is 1350. The Morgan fingerprint density at radius 1 is 0.723 bits per heavy atom. The van der Waals surface area contributed by atoms with Crippen LogP contribution < -0.4 is 24.3 Å². The molecule has 10 atom stereocenters. The molecule has 16 heteroatoms. The minimum Gasteiger partial charge on any atom is -0.493 e. The summed E-state index contributed by atoms with van der Waals surface area (Å²) >= 11 is 0. The van der Waals surface area contributed by atoms with Crippen LogP contribution in [0.1, 0.15) is 11.1 Å². The van der Waals surface area contributed by atoms with Crippen molar-refractivity contribution in [3.8, 4) is 23.0 Å². The smallest absolute Gasteiger partial charge is 0.244 e. The van der Waals surface area contributed by atoms with E-state index in [0.717, 1.165) is 5.56 Å². The number of benzene rings is 2. The van der Waals surface area contributed by atoms with Crippen molar-refractivity contribution in [1.82, 2.24) is 5.32 Å². The SMILES string of the molecule is COc1cc(C=CC(=O)NCCc2ccc(OC3OC(CO)C(O)C(O)C3O)c(OC)c2)ccc1OC1OC(CO)C(O)C(O)C1O. The Morgan fingerprint density at radius 3 is 1.74 bits per heavy atom. The molecule has 0 spiro atoms. The van der Waals surface area contributed by atoms with Gasteiger partial charge in [-0.3, -0.25) is 4.79 Å². The van der Waals surface area contributed by atoms with Gasteiger partial charge in [-0.25, -0.2) is 0 Å². The zero-order valence-corrected chi connectivity index (χ0v) is 25.7. The Kier molecular flexibility index (Phi) is 12.8. The van der Waals surface area contributed by atoms with Gasteiger partial charge in [-0.2, -0.15) is 0 Å². The van der Waals surface area contributed by atoms with E-state index in [9.17, 15) is 45.6 Å². The molecule has 0 saturated carbocycles. The quantitative estimate of drug-likeness (QED) is 0.0997. The molecule has 9 N–H and O–H groups in total. The lowest BCUT2D eigenvalue weighted by Crippen LogP contribution is -2.60. The predicted molar refractivity (Wildman–Crippen MR) is 161 cm³/mol. The molecule has 2 aromatic rings. The van der Waals surface area contributed by atoms with Crippen LogP contribution in [0.3, 0.4) is 0 Å². The molecule has 2 saturated heterocycles. The number of ether oxygens (including phenoxy) is 6. The van der Waals surface area contributed by atoms with Gasteiger partial charge in [-0.1, -0.05) is 12.1 Å². The number of aliphatic hydroxyl groups is 8. The summed E-state index contributed by atoms with van der Waals surface area (Å²) in [5.74, 6) is 0.488. The molecule has 2 aliphatic rings. The zero-order chi connectivity index (χ0) is 34.2. The molecule has 2 aromatic carbocycles. The Morgan fingerprint density at radius 2 is 1.23 bits per heavy atom. The number of hydrogen-bond donors (Lipinski definition) is 9. The number of aliphatic hydroxyl groups excluding tert-OH is 8. The van der Waals surface area contributed by atoms with Crippen molar-refractivity contribution < 1.29 is 74.1 Å². The molecule has 47 heavy (non-hydrogen) atoms. The predicted octanol–water partition coefficient (Wildman–Crippen LogP) is -2.57. The maximum atomic E-state index is 12.5. The lowest BCUT2D eigenvalue weighted by Gasteiger charge is -2.39. The fourth-order valence-corrected chi connectivity index (χ4v) is 4.99. The second-order valence-electron chi connectivity index (χ2n) is 10.9. The Balaban J connectivity index is 1.30. The fourth-order valence-electron chi connectivity index (χ4n) is 4.99. The standard InChI is InChI=1S/C31H41NO15/c1-42-19-11-15(3-6-17(19)44-30-28(40)26(38)24(36)21(13-33)46-30)5-8-23(35)32-10-9-16-4-7-18(20(12-16)43-2)45-31-29(41)27(39)25(37)22(14-34)47-31/h3-8,11-12,21-22,24-31,33-34,36-41H,9-10,13-14H2,1-2H3,(H,32,35). The molecule has 0 aromatic heterocycles. The summed E-state index contributed by atoms with van der Waals surface area (Å²) in [5, 5.41) is 81.9. The first-order valence-corrected chi connectivity index (χ1v) is 14.8. The average Bonchev–Trinajstić information content (AvgIpc) is 3.08. The van der Waals surface area contributed by atoms with Crippen LogP contribution in [-0.2, 0) is 20.7 Å². The molecular formula is C31H41NO15. The van der Waals surface area contributed by atoms with E-state index < -0.39 is 74.6 Å². The number of hydrogen-bond acceptors (Lipinski definition) is 15. The van der Waals surface area contributed by atoms with Crippen LogP contribution in [0.5, 0.6) is 23.0 Å². The van der Waals surface area contributed by atoms with Crippen LogP contribution in [-0.4, -0.2) is 142 Å². The highest BCUT2D eigenvalue weighted by atomic mass is 16.7. The number of carbonyl (C=O) groups is 1. The van der Waals surface area contributed by atoms with Crippen LogP contribution in [0.15, 0.2) is 42.5 Å². The molecular weight excluding hydrogens is 626 g/mol. The largest absolute Gasteiger partial charge is 0.493 e. The van der Waals surface area contributed by atoms with Gasteiger partial charge in [0, 0.05) is 12.6 Å². The summed E-state index contributed by atoms with van der Waals surface area (Å²) in [4.78, 5) is 12.5. The molecule has 16 nitrogen and oxygen atoms in total. The van der Waals surface area contributed by atoms with Crippen molar-refractivity contribution in [2.75, 3.05) is 34.0 Å². The van der Waals surface area contributed by atoms with Crippen LogP contribution in [0, 0.1) is 0 Å². The highest BCUT2D eigenvalue weighted by Gasteiger charge is 2.46. The lowest BCUT2D eigenvalue weighted by molar-refractivity contribution is -0.277. The normalized spacial score (nSPS) is 30.9. The number of methoxy groups -OCH3 is 2. The van der Waals surface area contributed by atoms with E-state index in [2.05, 4.69) is 5.32 Å². The van der Waals surface area contributed by atoms with Gasteiger partial charge in [0.1, 0.15) is 48.8 Å². The summed E-state index contributed by atoms with van der Waals surface area (Å²) in [6, 6.07) is 9.64. The first-order valence-electron chi connectivity index (χ1n) is 14.8. The maximum absolute atomic E-state index is 12.5. The molecule has 2 fully saturated rings. The minimum absolute atomic E-state index is 0.151. The van der Waals surface area contributed by atoms with Gasteiger partial charge in [0.05, 0.1) is 27.4 Å². The summed E-state index contributed by atoms with van der Waals surface area (Å²) < 4.78 is 32.8. The molecule has 0 bridgehead atoms. The molecule has 4 rings (SSSR count). The first kappa shape index (κ1) is 36.3. The molecule has 1 amide bonds. The first-order chi connectivity index (χ1) is 22.5. The molecule has 0 aliphatic carbocycles. The topological polar surface area (TPSA) is 246 Å². The minimum atomic E-state index is -1.60. The van der Waals surface area contributed by atoms with Gasteiger partial charge in [0.25, 0.3) is 0 Å². The lowest BCUT2D eigenvalue weighted by atomic mass is 9.99. The van der Waals surface area contributed by atoms with Crippen molar-refractivity contribution in [3.05, 3.63) is 53.6 Å². The second kappa shape index (κ2) is 16.5. The van der Waals surface area contributed by atoms with Crippen LogP contribution in [0.2, 0.25) is 0 Å². The van der Waals surface area contributed by atoms with E-state index >= 15 is 0 Å². The zero-order valence-electron chi connectivity index (χ0n) is 25.7. The van der Waals surface area contributed by atoms with Crippen molar-refractivity contribution in [3.63, 3.8) is 0 Å². The maximum Gasteiger partial charge on any atom is 0.244 e. The van der Waals surface area contributed by atoms with Gasteiger partial charge >= 0.3 is 0 Å². The highest BCUT2D eigenvalue weighted by Crippen LogP contribution is 2.33. The van der Waals surface area contributed by atoms with Gasteiger partial charge in [0.15, 0.2) is 23.0 Å². The number of carbonyl (C=O) groups excluding carboxylic acids is 1. The molecule has 2 heterocycles. The van der Waals surface area contributed by atoms with E-state index in [1.807, 2.05) is 0 Å². The van der Waals surface area contributed by atoms with Gasteiger partial charge in [-0.15, -0.1) is 0 Å². The number of nitrogens with one attached hydrogen (secondary N) is 1. The van der Waals surface area contributed by atoms with Crippen molar-refractivity contribution in [2.24, 2.45) is 0 Å². The van der Waals surface area contributed by atoms with Gasteiger partial charge < -0.3 is 74.6 Å². The number of amides is 1. The van der Waals surface area contributed by atoms with Gasteiger partial charge in [0.2, 0.25) is 18.5 Å². The fraction of sp³-hybridized carbons (Fsp3) is 0.516. The van der Waals surface area contributed by atoms with Crippen LogP contribution in [0.25, 0.3) is 6.08 Å². The third-order valence-corrected chi connectivity index (χ3v) is 7.74. The number of rotatable bonds is 13. The average molecular weight is 668 g/mol. The molecule has 10 unspecified atom stereocenters. The second-order valence-corrected chi connectivity index (χ2v) is 10.9. The monoisotopic (exact) mass is 667 g/mol. The summed E-state index contributed by atoms with van der Waals surface area (Å²) in [7, 11) is 2.80. The third kappa shape index (κ3) is 8.68. The highest BCUT2D eigenvalue weighted by molar-refractivity contribution is 5.91. The Hall–Kier alpha value is -3.55. The summed E-state index contributed by atoms with van der Waals surface area (Å²) in [6.07, 6.45) is -11.1. The van der Waals surface area contributed by atoms with Crippen LogP contribution in [0.4, 0.5) is 0 Å². The van der Waals surface area contributed by atoms with E-state index in [-0.39, 0.29) is 29.7 Å². The van der Waals surface area contributed by atoms with Crippen molar-refractivity contribution >= 4 is 12.0 Å². The summed E-state index contributed by atoms with van der Waals surface area (Å²) in [5.41, 5.74) is 1.37. The Labute approximate surface area is 269 Å². The van der Waals surface area contributed by atoms with E-state index in [1.165, 1.54) is 26.4 Å². The van der Waals surface area contributed by atoms with E-state index in [1.54, 1.807) is 36.4 Å². The third-order valence-electron chi connectivity index (χ3n) is 7.74. The van der Waals surface area contributed by atoms with E-state index in [0.29, 0.717) is 17.7 Å². The van der Waals surface area contributed by atoms with Crippen molar-refractivity contribution in [2.45, 2.75) is 67.8 Å². The molecule has 0 radical (unpaired) electrons. The summed E-state index contributed by atoms with van der Waals surface area (Å²) in [6.45, 7) is -0.919. The van der Waals surface area contributed by atoms with Gasteiger partial charge in [-0.05, 0) is 47.9 Å². The molecule has 2 aliphatic heterocycles. The molecule has 260 valence electrons. The van der Waals surface area contributed by atoms with E-state index in [4.69, 9.17) is 28.4 Å². The van der Waals surface area contributed by atoms with Crippen molar-refractivity contribution in [1.29, 1.82) is 0 Å². The van der Waals surface area contributed by atoms with Crippen LogP contribution >= 0.6 is 0 Å².